The fraction of sp³-hybridized carbons (Fsp3) is 0.455. The number of hydrogen-bond acceptors (Lipinski definition) is 5. The van der Waals surface area contributed by atoms with Crippen molar-refractivity contribution >= 4 is 15.5 Å². The van der Waals surface area contributed by atoms with Gasteiger partial charge in [-0.2, -0.15) is 0 Å². The second-order valence-corrected chi connectivity index (χ2v) is 6.26. The van der Waals surface area contributed by atoms with Crippen molar-refractivity contribution in [1.82, 2.24) is 0 Å². The predicted molar refractivity (Wildman–Crippen MR) is 65.8 cm³/mol. The van der Waals surface area contributed by atoms with Crippen molar-refractivity contribution in [3.63, 3.8) is 0 Å². The van der Waals surface area contributed by atoms with Crippen molar-refractivity contribution in [1.29, 1.82) is 0 Å². The standard InChI is InChI=1S/C11H17NO4S/c1-11(14,8-13)7-12-9-5-3-4-6-10(9)17(2,15)16/h3-6,12-14H,7-8H2,1-2H3. The Balaban J connectivity index is 2.93. The van der Waals surface area contributed by atoms with Crippen LogP contribution in [-0.4, -0.2) is 43.6 Å². The first-order valence-electron chi connectivity index (χ1n) is 5.12. The zero-order valence-corrected chi connectivity index (χ0v) is 10.7. The summed E-state index contributed by atoms with van der Waals surface area (Å²) >= 11 is 0. The molecule has 0 amide bonds. The largest absolute Gasteiger partial charge is 0.393 e. The van der Waals surface area contributed by atoms with Gasteiger partial charge in [-0.1, -0.05) is 12.1 Å². The number of aliphatic hydroxyl groups is 2. The molecular weight excluding hydrogens is 242 g/mol. The van der Waals surface area contributed by atoms with Crippen molar-refractivity contribution < 1.29 is 18.6 Å². The molecule has 17 heavy (non-hydrogen) atoms. The van der Waals surface area contributed by atoms with Gasteiger partial charge < -0.3 is 15.5 Å². The molecule has 0 aliphatic rings. The van der Waals surface area contributed by atoms with Gasteiger partial charge in [-0.05, 0) is 19.1 Å². The first kappa shape index (κ1) is 14.0. The topological polar surface area (TPSA) is 86.6 Å². The molecule has 96 valence electrons. The fourth-order valence-electron chi connectivity index (χ4n) is 1.28. The van der Waals surface area contributed by atoms with E-state index in [2.05, 4.69) is 5.32 Å². The minimum atomic E-state index is -3.31. The maximum Gasteiger partial charge on any atom is 0.177 e. The molecule has 5 nitrogen and oxygen atoms in total. The van der Waals surface area contributed by atoms with Crippen LogP contribution in [0.4, 0.5) is 5.69 Å². The van der Waals surface area contributed by atoms with Gasteiger partial charge in [-0.25, -0.2) is 8.42 Å². The van der Waals surface area contributed by atoms with Gasteiger partial charge >= 0.3 is 0 Å². The van der Waals surface area contributed by atoms with E-state index in [4.69, 9.17) is 5.11 Å². The Morgan fingerprint density at radius 3 is 2.47 bits per heavy atom. The average molecular weight is 259 g/mol. The summed E-state index contributed by atoms with van der Waals surface area (Å²) < 4.78 is 23.0. The minimum absolute atomic E-state index is 0.0655. The van der Waals surface area contributed by atoms with Gasteiger partial charge in [0.2, 0.25) is 0 Å². The van der Waals surface area contributed by atoms with Gasteiger partial charge in [0.1, 0.15) is 5.60 Å². The lowest BCUT2D eigenvalue weighted by molar-refractivity contribution is 0.0132. The number of rotatable bonds is 5. The lowest BCUT2D eigenvalue weighted by Crippen LogP contribution is -2.37. The summed E-state index contributed by atoms with van der Waals surface area (Å²) in [5.41, 5.74) is -0.867. The third-order valence-corrected chi connectivity index (χ3v) is 3.44. The second kappa shape index (κ2) is 5.03. The van der Waals surface area contributed by atoms with Crippen molar-refractivity contribution in [3.8, 4) is 0 Å². The van der Waals surface area contributed by atoms with Crippen LogP contribution in [0.2, 0.25) is 0 Å². The van der Waals surface area contributed by atoms with E-state index in [1.54, 1.807) is 18.2 Å². The van der Waals surface area contributed by atoms with Gasteiger partial charge in [0.25, 0.3) is 0 Å². The molecule has 1 unspecified atom stereocenters. The third-order valence-electron chi connectivity index (χ3n) is 2.29. The summed E-state index contributed by atoms with van der Waals surface area (Å²) in [5, 5.41) is 21.3. The smallest absolute Gasteiger partial charge is 0.177 e. The van der Waals surface area contributed by atoms with Crippen molar-refractivity contribution in [2.75, 3.05) is 24.7 Å². The number of nitrogens with one attached hydrogen (secondary N) is 1. The predicted octanol–water partition coefficient (Wildman–Crippen LogP) is 0.245. The van der Waals surface area contributed by atoms with Gasteiger partial charge in [-0.3, -0.25) is 0 Å². The second-order valence-electron chi connectivity index (χ2n) is 4.28. The van der Waals surface area contributed by atoms with E-state index in [0.29, 0.717) is 5.69 Å². The number of anilines is 1. The van der Waals surface area contributed by atoms with Crippen LogP contribution in [-0.2, 0) is 9.84 Å². The van der Waals surface area contributed by atoms with Gasteiger partial charge in [0.15, 0.2) is 9.84 Å². The quantitative estimate of drug-likeness (QED) is 0.705. The van der Waals surface area contributed by atoms with Crippen LogP contribution in [0, 0.1) is 0 Å². The van der Waals surface area contributed by atoms with Crippen molar-refractivity contribution in [2.24, 2.45) is 0 Å². The van der Waals surface area contributed by atoms with Crippen LogP contribution >= 0.6 is 0 Å². The van der Waals surface area contributed by atoms with E-state index >= 15 is 0 Å². The van der Waals surface area contributed by atoms with E-state index in [-0.39, 0.29) is 11.4 Å². The molecule has 1 aromatic carbocycles. The molecule has 0 saturated heterocycles. The molecule has 0 bridgehead atoms. The summed E-state index contributed by atoms with van der Waals surface area (Å²) in [6.07, 6.45) is 1.12. The molecule has 0 aliphatic heterocycles. The zero-order valence-electron chi connectivity index (χ0n) is 9.84. The van der Waals surface area contributed by atoms with E-state index < -0.39 is 22.0 Å². The molecule has 0 fully saturated rings. The van der Waals surface area contributed by atoms with Crippen LogP contribution in [0.1, 0.15) is 6.92 Å². The van der Waals surface area contributed by atoms with Crippen LogP contribution in [0.5, 0.6) is 0 Å². The van der Waals surface area contributed by atoms with Gasteiger partial charge in [-0.15, -0.1) is 0 Å². The third kappa shape index (κ3) is 3.99. The maximum absolute atomic E-state index is 11.5. The number of aliphatic hydroxyl groups excluding tert-OH is 1. The van der Waals surface area contributed by atoms with E-state index in [1.807, 2.05) is 0 Å². The molecule has 0 heterocycles. The molecule has 6 heteroatoms. The summed E-state index contributed by atoms with van der Waals surface area (Å²) in [4.78, 5) is 0.175. The Morgan fingerprint density at radius 1 is 1.35 bits per heavy atom. The molecule has 3 N–H and O–H groups in total. The summed E-state index contributed by atoms with van der Waals surface area (Å²) in [6.45, 7) is 1.13. The Labute approximate surface area is 101 Å². The van der Waals surface area contributed by atoms with E-state index in [0.717, 1.165) is 6.26 Å². The molecule has 1 rings (SSSR count). The summed E-state index contributed by atoms with van der Waals surface area (Å²) in [7, 11) is -3.31. The Bertz CT molecular complexity index is 482. The number of benzene rings is 1. The molecule has 1 aromatic rings. The monoisotopic (exact) mass is 259 g/mol. The van der Waals surface area contributed by atoms with Crippen molar-refractivity contribution in [2.45, 2.75) is 17.4 Å². The number of hydrogen-bond donors (Lipinski definition) is 3. The molecule has 0 aliphatic carbocycles. The number of para-hydroxylation sites is 1. The first-order chi connectivity index (χ1) is 7.76. The molecule has 0 radical (unpaired) electrons. The average Bonchev–Trinajstić information content (AvgIpc) is 2.26. The van der Waals surface area contributed by atoms with Gasteiger partial charge in [0.05, 0.1) is 17.2 Å². The zero-order chi connectivity index (χ0) is 13.1. The van der Waals surface area contributed by atoms with Crippen LogP contribution in [0.3, 0.4) is 0 Å². The number of sulfone groups is 1. The van der Waals surface area contributed by atoms with Crippen LogP contribution < -0.4 is 5.32 Å². The highest BCUT2D eigenvalue weighted by atomic mass is 32.2. The highest BCUT2D eigenvalue weighted by Gasteiger charge is 2.20. The summed E-state index contributed by atoms with van der Waals surface area (Å²) in [5.74, 6) is 0. The Hall–Kier alpha value is -1.11. The maximum atomic E-state index is 11.5. The molecule has 0 spiro atoms. The van der Waals surface area contributed by atoms with Crippen LogP contribution in [0.25, 0.3) is 0 Å². The van der Waals surface area contributed by atoms with Crippen molar-refractivity contribution in [3.05, 3.63) is 24.3 Å². The lowest BCUT2D eigenvalue weighted by Gasteiger charge is -2.22. The fourth-order valence-corrected chi connectivity index (χ4v) is 2.14. The summed E-state index contributed by atoms with van der Waals surface area (Å²) in [6, 6.07) is 6.44. The normalized spacial score (nSPS) is 15.3. The Kier molecular flexibility index (Phi) is 4.13. The lowest BCUT2D eigenvalue weighted by atomic mass is 10.1. The van der Waals surface area contributed by atoms with E-state index in [9.17, 15) is 13.5 Å². The van der Waals surface area contributed by atoms with E-state index in [1.165, 1.54) is 13.0 Å². The minimum Gasteiger partial charge on any atom is -0.393 e. The first-order valence-corrected chi connectivity index (χ1v) is 7.01. The highest BCUT2D eigenvalue weighted by Crippen LogP contribution is 2.21. The van der Waals surface area contributed by atoms with Gasteiger partial charge in [0, 0.05) is 12.8 Å². The molecule has 0 saturated carbocycles. The SMILES string of the molecule is CC(O)(CO)CNc1ccccc1S(C)(=O)=O. The molecule has 1 atom stereocenters. The molecule has 0 aromatic heterocycles. The Morgan fingerprint density at radius 2 is 1.94 bits per heavy atom. The molecular formula is C11H17NO4S. The highest BCUT2D eigenvalue weighted by molar-refractivity contribution is 7.90. The van der Waals surface area contributed by atoms with Crippen LogP contribution in [0.15, 0.2) is 29.2 Å².